The smallest absolute Gasteiger partial charge is 0.0645 e. The van der Waals surface area contributed by atoms with Crippen LogP contribution in [0.3, 0.4) is 0 Å². The van der Waals surface area contributed by atoms with Gasteiger partial charge in [0.15, 0.2) is 0 Å². The molecule has 4 N–H and O–H groups in total. The van der Waals surface area contributed by atoms with E-state index in [0.717, 1.165) is 31.6 Å². The average Bonchev–Trinajstić information content (AvgIpc) is 2.17. The minimum Gasteiger partial charge on any atom is -0.394 e. The van der Waals surface area contributed by atoms with Crippen molar-refractivity contribution in [2.75, 3.05) is 26.7 Å². The maximum Gasteiger partial charge on any atom is 0.0645 e. The van der Waals surface area contributed by atoms with E-state index in [4.69, 9.17) is 10.8 Å². The fourth-order valence-electron chi connectivity index (χ4n) is 1.96. The molecule has 15 heavy (non-hydrogen) atoms. The summed E-state index contributed by atoms with van der Waals surface area (Å²) in [5, 5.41) is 12.4. The first kappa shape index (κ1) is 12.5. The van der Waals surface area contributed by atoms with Gasteiger partial charge in [-0.3, -0.25) is 4.90 Å². The second-order valence-corrected chi connectivity index (χ2v) is 4.37. The first-order chi connectivity index (χ1) is 7.15. The highest BCUT2D eigenvalue weighted by Gasteiger charge is 2.18. The molecule has 1 rings (SSSR count). The number of hydrogen-bond donors (Lipinski definition) is 3. The molecule has 2 unspecified atom stereocenters. The van der Waals surface area contributed by atoms with Crippen molar-refractivity contribution in [3.63, 3.8) is 0 Å². The van der Waals surface area contributed by atoms with E-state index in [-0.39, 0.29) is 18.7 Å². The number of piperazine rings is 1. The monoisotopic (exact) mass is 213 g/mol. The number of nitrogens with one attached hydrogen (secondary N) is 1. The van der Waals surface area contributed by atoms with Gasteiger partial charge >= 0.3 is 0 Å². The summed E-state index contributed by atoms with van der Waals surface area (Å²) in [6.45, 7) is 4.09. The van der Waals surface area contributed by atoms with E-state index in [9.17, 15) is 0 Å². The maximum atomic E-state index is 9.12. The molecular weight excluding hydrogens is 190 g/mol. The van der Waals surface area contributed by atoms with Crippen LogP contribution in [0.4, 0.5) is 0 Å². The van der Waals surface area contributed by atoms with Gasteiger partial charge < -0.3 is 16.2 Å². The Labute approximate surface area is 92.1 Å². The zero-order valence-corrected chi connectivity index (χ0v) is 9.74. The molecule has 1 fully saturated rings. The minimum absolute atomic E-state index is 0.128. The lowest BCUT2D eigenvalue weighted by Crippen LogP contribution is -2.49. The molecule has 1 aliphatic heterocycles. The van der Waals surface area contributed by atoms with Crippen LogP contribution in [0.5, 0.6) is 0 Å². The Balaban J connectivity index is 2.52. The summed E-state index contributed by atoms with van der Waals surface area (Å²) in [6, 6.07) is 0.271. The standard InChI is InChI=1S/C11H23N3O/c1-3-4-9(12)5-10-6-14(2)7-11(8-15)13-10/h5,9,11,13,15H,3-4,6-8,12H2,1-2H3/b10-5-. The Morgan fingerprint density at radius 1 is 1.73 bits per heavy atom. The van der Waals surface area contributed by atoms with Gasteiger partial charge in [0.1, 0.15) is 0 Å². The van der Waals surface area contributed by atoms with Crippen molar-refractivity contribution in [1.29, 1.82) is 0 Å². The van der Waals surface area contributed by atoms with Gasteiger partial charge in [-0.15, -0.1) is 0 Å². The molecule has 2 atom stereocenters. The fraction of sp³-hybridized carbons (Fsp3) is 0.818. The molecule has 1 saturated heterocycles. The van der Waals surface area contributed by atoms with Crippen LogP contribution in [-0.4, -0.2) is 48.8 Å². The van der Waals surface area contributed by atoms with E-state index in [2.05, 4.69) is 30.3 Å². The van der Waals surface area contributed by atoms with Crippen molar-refractivity contribution in [3.05, 3.63) is 11.8 Å². The van der Waals surface area contributed by atoms with Crippen LogP contribution in [0.2, 0.25) is 0 Å². The molecule has 0 aromatic rings. The fourth-order valence-corrected chi connectivity index (χ4v) is 1.96. The minimum atomic E-state index is 0.128. The predicted octanol–water partition coefficient (Wildman–Crippen LogP) is -0.106. The van der Waals surface area contributed by atoms with Crippen molar-refractivity contribution in [2.45, 2.75) is 31.8 Å². The van der Waals surface area contributed by atoms with Crippen LogP contribution < -0.4 is 11.1 Å². The first-order valence-corrected chi connectivity index (χ1v) is 5.68. The summed E-state index contributed by atoms with van der Waals surface area (Å²) in [7, 11) is 2.06. The zero-order valence-electron chi connectivity index (χ0n) is 9.74. The number of nitrogens with two attached hydrogens (primary N) is 1. The van der Waals surface area contributed by atoms with Gasteiger partial charge in [-0.1, -0.05) is 13.3 Å². The van der Waals surface area contributed by atoms with E-state index in [1.54, 1.807) is 0 Å². The van der Waals surface area contributed by atoms with E-state index < -0.39 is 0 Å². The van der Waals surface area contributed by atoms with Crippen molar-refractivity contribution in [2.24, 2.45) is 5.73 Å². The molecule has 0 radical (unpaired) electrons. The number of likely N-dealkylation sites (N-methyl/N-ethyl adjacent to an activating group) is 1. The number of nitrogens with zero attached hydrogens (tertiary/aromatic N) is 1. The third-order valence-corrected chi connectivity index (χ3v) is 2.62. The van der Waals surface area contributed by atoms with E-state index in [0.29, 0.717) is 0 Å². The lowest BCUT2D eigenvalue weighted by atomic mass is 10.1. The van der Waals surface area contributed by atoms with Gasteiger partial charge in [-0.25, -0.2) is 0 Å². The number of aliphatic hydroxyl groups is 1. The normalized spacial score (nSPS) is 27.7. The third-order valence-electron chi connectivity index (χ3n) is 2.62. The summed E-state index contributed by atoms with van der Waals surface area (Å²) in [5.41, 5.74) is 7.09. The van der Waals surface area contributed by atoms with Crippen molar-refractivity contribution in [1.82, 2.24) is 10.2 Å². The van der Waals surface area contributed by atoms with Crippen LogP contribution in [0.1, 0.15) is 19.8 Å². The first-order valence-electron chi connectivity index (χ1n) is 5.68. The number of rotatable bonds is 4. The molecule has 0 bridgehead atoms. The quantitative estimate of drug-likeness (QED) is 0.610. The summed E-state index contributed by atoms with van der Waals surface area (Å²) in [6.07, 6.45) is 4.20. The van der Waals surface area contributed by atoms with E-state index in [1.807, 2.05) is 0 Å². The molecule has 0 spiro atoms. The number of aliphatic hydroxyl groups excluding tert-OH is 1. The van der Waals surface area contributed by atoms with Gasteiger partial charge in [0, 0.05) is 24.8 Å². The second kappa shape index (κ2) is 6.10. The van der Waals surface area contributed by atoms with Gasteiger partial charge in [0.25, 0.3) is 0 Å². The van der Waals surface area contributed by atoms with Gasteiger partial charge in [-0.05, 0) is 19.5 Å². The number of hydrogen-bond acceptors (Lipinski definition) is 4. The summed E-state index contributed by atoms with van der Waals surface area (Å²) >= 11 is 0. The van der Waals surface area contributed by atoms with Gasteiger partial charge in [0.2, 0.25) is 0 Å². The molecule has 0 saturated carbocycles. The predicted molar refractivity (Wildman–Crippen MR) is 62.5 cm³/mol. The molecule has 4 heteroatoms. The molecule has 1 heterocycles. The second-order valence-electron chi connectivity index (χ2n) is 4.37. The van der Waals surface area contributed by atoms with Crippen molar-refractivity contribution >= 4 is 0 Å². The Morgan fingerprint density at radius 3 is 3.07 bits per heavy atom. The molecule has 0 aliphatic carbocycles. The average molecular weight is 213 g/mol. The molecule has 1 aliphatic rings. The Hall–Kier alpha value is -0.580. The highest BCUT2D eigenvalue weighted by Crippen LogP contribution is 2.07. The Kier molecular flexibility index (Phi) is 5.08. The van der Waals surface area contributed by atoms with E-state index in [1.165, 1.54) is 0 Å². The van der Waals surface area contributed by atoms with Crippen LogP contribution in [0.15, 0.2) is 11.8 Å². The highest BCUT2D eigenvalue weighted by molar-refractivity contribution is 5.10. The van der Waals surface area contributed by atoms with Crippen LogP contribution in [0.25, 0.3) is 0 Å². The van der Waals surface area contributed by atoms with Gasteiger partial charge in [0.05, 0.1) is 12.6 Å². The third kappa shape index (κ3) is 4.20. The SMILES string of the molecule is CCCC(N)/C=C1/CN(C)CC(CO)N1. The molecule has 0 aromatic heterocycles. The zero-order chi connectivity index (χ0) is 11.3. The van der Waals surface area contributed by atoms with Crippen LogP contribution in [-0.2, 0) is 0 Å². The summed E-state index contributed by atoms with van der Waals surface area (Å²) < 4.78 is 0. The van der Waals surface area contributed by atoms with Crippen LogP contribution in [0, 0.1) is 0 Å². The Morgan fingerprint density at radius 2 is 2.47 bits per heavy atom. The maximum absolute atomic E-state index is 9.12. The topological polar surface area (TPSA) is 61.5 Å². The molecular formula is C11H23N3O. The molecule has 0 amide bonds. The highest BCUT2D eigenvalue weighted by atomic mass is 16.3. The van der Waals surface area contributed by atoms with Gasteiger partial charge in [-0.2, -0.15) is 0 Å². The molecule has 4 nitrogen and oxygen atoms in total. The summed E-state index contributed by atoms with van der Waals surface area (Å²) in [5.74, 6) is 0. The van der Waals surface area contributed by atoms with Crippen molar-refractivity contribution < 1.29 is 5.11 Å². The molecule has 88 valence electrons. The lowest BCUT2D eigenvalue weighted by molar-refractivity contribution is 0.186. The largest absolute Gasteiger partial charge is 0.394 e. The summed E-state index contributed by atoms with van der Waals surface area (Å²) in [4.78, 5) is 2.20. The van der Waals surface area contributed by atoms with Crippen molar-refractivity contribution in [3.8, 4) is 0 Å². The molecule has 0 aromatic carbocycles. The Bertz CT molecular complexity index is 218. The lowest BCUT2D eigenvalue weighted by Gasteiger charge is -2.33. The van der Waals surface area contributed by atoms with Crippen LogP contribution >= 0.6 is 0 Å². The van der Waals surface area contributed by atoms with E-state index >= 15 is 0 Å².